The van der Waals surface area contributed by atoms with Crippen molar-refractivity contribution in [3.63, 3.8) is 0 Å². The number of aromatic nitrogens is 3. The van der Waals surface area contributed by atoms with Crippen LogP contribution in [0.3, 0.4) is 0 Å². The predicted octanol–water partition coefficient (Wildman–Crippen LogP) is 1.42. The highest BCUT2D eigenvalue weighted by atomic mass is 16.5. The van der Waals surface area contributed by atoms with Crippen LogP contribution in [0.15, 0.2) is 24.7 Å². The fourth-order valence-electron chi connectivity index (χ4n) is 2.77. The molecular formula is C15H18N4O3. The van der Waals surface area contributed by atoms with Gasteiger partial charge in [-0.3, -0.25) is 4.79 Å². The van der Waals surface area contributed by atoms with Crippen molar-refractivity contribution in [3.8, 4) is 5.75 Å². The van der Waals surface area contributed by atoms with Crippen molar-refractivity contribution in [1.29, 1.82) is 0 Å². The van der Waals surface area contributed by atoms with E-state index in [0.717, 1.165) is 5.56 Å². The van der Waals surface area contributed by atoms with Gasteiger partial charge in [0.15, 0.2) is 5.69 Å². The Hall–Kier alpha value is -2.41. The fourth-order valence-corrected chi connectivity index (χ4v) is 2.77. The van der Waals surface area contributed by atoms with E-state index in [1.165, 1.54) is 6.07 Å². The lowest BCUT2D eigenvalue weighted by molar-refractivity contribution is 0.0675. The molecule has 2 aromatic heterocycles. The Morgan fingerprint density at radius 3 is 2.95 bits per heavy atom. The lowest BCUT2D eigenvalue weighted by Crippen LogP contribution is -2.33. The zero-order valence-corrected chi connectivity index (χ0v) is 12.5. The van der Waals surface area contributed by atoms with Gasteiger partial charge in [-0.1, -0.05) is 0 Å². The maximum atomic E-state index is 12.8. The zero-order chi connectivity index (χ0) is 15.7. The molecule has 3 rings (SSSR count). The maximum absolute atomic E-state index is 12.8. The first-order valence-electron chi connectivity index (χ1n) is 7.08. The van der Waals surface area contributed by atoms with Gasteiger partial charge in [-0.2, -0.15) is 0 Å². The zero-order valence-electron chi connectivity index (χ0n) is 12.5. The highest BCUT2D eigenvalue weighted by Crippen LogP contribution is 2.33. The van der Waals surface area contributed by atoms with Gasteiger partial charge >= 0.3 is 0 Å². The molecule has 7 nitrogen and oxygen atoms in total. The first-order valence-corrected chi connectivity index (χ1v) is 7.08. The second-order valence-corrected chi connectivity index (χ2v) is 5.42. The first-order chi connectivity index (χ1) is 10.6. The number of likely N-dealkylation sites (tertiary alicyclic amines) is 1. The number of aryl methyl sites for hydroxylation is 1. The Morgan fingerprint density at radius 1 is 1.50 bits per heavy atom. The molecule has 7 heteroatoms. The number of aromatic hydroxyl groups is 1. The Balaban J connectivity index is 1.92. The molecule has 1 amide bonds. The molecule has 116 valence electrons. The van der Waals surface area contributed by atoms with Crippen LogP contribution in [0, 0.1) is 6.92 Å². The van der Waals surface area contributed by atoms with Crippen molar-refractivity contribution in [1.82, 2.24) is 19.9 Å². The van der Waals surface area contributed by atoms with Crippen molar-refractivity contribution in [3.05, 3.63) is 41.7 Å². The van der Waals surface area contributed by atoms with Crippen LogP contribution in [-0.4, -0.2) is 50.6 Å². The number of nitrogens with one attached hydrogen (secondary N) is 1. The van der Waals surface area contributed by atoms with E-state index < -0.39 is 0 Å². The summed E-state index contributed by atoms with van der Waals surface area (Å²) in [7, 11) is 1.62. The molecule has 0 saturated carbocycles. The number of amides is 1. The van der Waals surface area contributed by atoms with Crippen LogP contribution in [0.5, 0.6) is 5.75 Å². The molecule has 0 aliphatic carbocycles. The van der Waals surface area contributed by atoms with Gasteiger partial charge in [0, 0.05) is 38.7 Å². The van der Waals surface area contributed by atoms with E-state index in [9.17, 15) is 9.90 Å². The van der Waals surface area contributed by atoms with Crippen molar-refractivity contribution in [2.75, 3.05) is 13.7 Å². The largest absolute Gasteiger partial charge is 0.505 e. The molecule has 1 unspecified atom stereocenters. The smallest absolute Gasteiger partial charge is 0.277 e. The van der Waals surface area contributed by atoms with Crippen molar-refractivity contribution < 1.29 is 14.6 Å². The summed E-state index contributed by atoms with van der Waals surface area (Å²) >= 11 is 0. The van der Waals surface area contributed by atoms with Gasteiger partial charge in [-0.05, 0) is 18.6 Å². The number of rotatable bonds is 3. The molecule has 1 fully saturated rings. The highest BCUT2D eigenvalue weighted by molar-refractivity contribution is 5.95. The summed E-state index contributed by atoms with van der Waals surface area (Å²) in [5.41, 5.74) is 0.853. The number of imidazole rings is 1. The number of aromatic amines is 1. The predicted molar refractivity (Wildman–Crippen MR) is 78.4 cm³/mol. The van der Waals surface area contributed by atoms with E-state index in [1.54, 1.807) is 30.6 Å². The highest BCUT2D eigenvalue weighted by Gasteiger charge is 2.39. The molecule has 22 heavy (non-hydrogen) atoms. The normalized spacial score (nSPS) is 21.3. The molecule has 3 heterocycles. The van der Waals surface area contributed by atoms with Crippen LogP contribution >= 0.6 is 0 Å². The summed E-state index contributed by atoms with van der Waals surface area (Å²) in [5.74, 6) is 0.280. The molecule has 2 N–H and O–H groups in total. The maximum Gasteiger partial charge on any atom is 0.277 e. The number of hydrogen-bond acceptors (Lipinski definition) is 5. The van der Waals surface area contributed by atoms with Gasteiger partial charge in [0.05, 0.1) is 12.1 Å². The monoisotopic (exact) mass is 302 g/mol. The van der Waals surface area contributed by atoms with Crippen LogP contribution in [0.4, 0.5) is 0 Å². The van der Waals surface area contributed by atoms with Crippen molar-refractivity contribution >= 4 is 5.91 Å². The minimum absolute atomic E-state index is 0.0545. The topological polar surface area (TPSA) is 91.3 Å². The van der Waals surface area contributed by atoms with Gasteiger partial charge in [-0.25, -0.2) is 9.97 Å². The summed E-state index contributed by atoms with van der Waals surface area (Å²) < 4.78 is 5.39. The van der Waals surface area contributed by atoms with Gasteiger partial charge < -0.3 is 19.7 Å². The fraction of sp³-hybridized carbons (Fsp3) is 0.400. The van der Waals surface area contributed by atoms with Gasteiger partial charge in [0.1, 0.15) is 11.6 Å². The Kier molecular flexibility index (Phi) is 3.81. The minimum Gasteiger partial charge on any atom is -0.505 e. The molecular weight excluding hydrogens is 284 g/mol. The third-order valence-electron chi connectivity index (χ3n) is 3.90. The van der Waals surface area contributed by atoms with E-state index in [2.05, 4.69) is 15.0 Å². The lowest BCUT2D eigenvalue weighted by Gasteiger charge is -2.22. The summed E-state index contributed by atoms with van der Waals surface area (Å²) in [4.78, 5) is 25.8. The molecule has 0 spiro atoms. The SMILES string of the molecule is CO[C@@H]1CC(c2ncc[nH]2)N(C(=O)c2ncc(C)cc2O)C1. The third kappa shape index (κ3) is 2.55. The number of carbonyl (C=O) groups is 1. The molecule has 2 atom stereocenters. The Morgan fingerprint density at radius 2 is 2.32 bits per heavy atom. The van der Waals surface area contributed by atoms with E-state index in [4.69, 9.17) is 4.74 Å². The molecule has 0 aromatic carbocycles. The van der Waals surface area contributed by atoms with E-state index in [-0.39, 0.29) is 29.5 Å². The molecule has 0 radical (unpaired) electrons. The quantitative estimate of drug-likeness (QED) is 0.894. The molecule has 1 saturated heterocycles. The van der Waals surface area contributed by atoms with Crippen LogP contribution in [0.2, 0.25) is 0 Å². The second-order valence-electron chi connectivity index (χ2n) is 5.42. The standard InChI is InChI=1S/C15H18N4O3/c1-9-5-12(20)13(18-7-9)15(21)19-8-10(22-2)6-11(19)14-16-3-4-17-14/h3-5,7,10-11,20H,6,8H2,1-2H3,(H,16,17)/t10-,11?/m1/s1. The number of hydrogen-bond donors (Lipinski definition) is 2. The van der Waals surface area contributed by atoms with Crippen LogP contribution < -0.4 is 0 Å². The van der Waals surface area contributed by atoms with Crippen molar-refractivity contribution in [2.45, 2.75) is 25.5 Å². The average molecular weight is 302 g/mol. The molecule has 2 aromatic rings. The third-order valence-corrected chi connectivity index (χ3v) is 3.90. The second kappa shape index (κ2) is 5.76. The number of methoxy groups -OCH3 is 1. The van der Waals surface area contributed by atoms with Crippen molar-refractivity contribution in [2.24, 2.45) is 0 Å². The Labute approximate surface area is 128 Å². The van der Waals surface area contributed by atoms with Gasteiger partial charge in [0.2, 0.25) is 0 Å². The average Bonchev–Trinajstić information content (AvgIpc) is 3.15. The number of pyridine rings is 1. The molecule has 1 aliphatic rings. The van der Waals surface area contributed by atoms with E-state index >= 15 is 0 Å². The number of carbonyl (C=O) groups excluding carboxylic acids is 1. The van der Waals surface area contributed by atoms with E-state index in [1.807, 2.05) is 6.92 Å². The minimum atomic E-state index is -0.321. The first kappa shape index (κ1) is 14.5. The van der Waals surface area contributed by atoms with E-state index in [0.29, 0.717) is 18.8 Å². The summed E-state index contributed by atoms with van der Waals surface area (Å²) in [6.45, 7) is 2.25. The number of nitrogens with zero attached hydrogens (tertiary/aromatic N) is 3. The summed E-state index contributed by atoms with van der Waals surface area (Å²) in [5, 5.41) is 10.00. The number of ether oxygens (including phenoxy) is 1. The molecule has 0 bridgehead atoms. The number of H-pyrrole nitrogens is 1. The molecule has 1 aliphatic heterocycles. The summed E-state index contributed by atoms with van der Waals surface area (Å²) in [6.07, 6.45) is 5.53. The van der Waals surface area contributed by atoms with Gasteiger partial charge in [0.25, 0.3) is 5.91 Å². The lowest BCUT2D eigenvalue weighted by atomic mass is 10.1. The Bertz CT molecular complexity index is 671. The van der Waals surface area contributed by atoms with Crippen LogP contribution in [-0.2, 0) is 4.74 Å². The summed E-state index contributed by atoms with van der Waals surface area (Å²) in [6, 6.07) is 1.32. The van der Waals surface area contributed by atoms with Crippen LogP contribution in [0.25, 0.3) is 0 Å². The van der Waals surface area contributed by atoms with Gasteiger partial charge in [-0.15, -0.1) is 0 Å². The van der Waals surface area contributed by atoms with Crippen LogP contribution in [0.1, 0.15) is 34.3 Å².